The lowest BCUT2D eigenvalue weighted by molar-refractivity contribution is 0.129. The van der Waals surface area contributed by atoms with Gasteiger partial charge in [-0.05, 0) is 24.3 Å². The molecule has 1 atom stereocenters. The van der Waals surface area contributed by atoms with Gasteiger partial charge in [0, 0.05) is 19.1 Å². The van der Waals surface area contributed by atoms with Gasteiger partial charge >= 0.3 is 0 Å². The second-order valence-electron chi connectivity index (χ2n) is 3.66. The summed E-state index contributed by atoms with van der Waals surface area (Å²) < 4.78 is 5.48. The molecule has 0 N–H and O–H groups in total. The van der Waals surface area contributed by atoms with Crippen LogP contribution in [-0.2, 0) is 4.74 Å². The first-order valence-corrected chi connectivity index (χ1v) is 6.10. The van der Waals surface area contributed by atoms with Crippen molar-refractivity contribution in [2.45, 2.75) is 25.7 Å². The molecule has 0 aromatic heterocycles. The molecule has 1 aromatic carbocycles. The third-order valence-electron chi connectivity index (χ3n) is 2.42. The molecule has 0 aliphatic rings. The summed E-state index contributed by atoms with van der Waals surface area (Å²) in [5, 5.41) is 0. The Bertz CT molecular complexity index is 248. The molecule has 15 heavy (non-hydrogen) atoms. The summed E-state index contributed by atoms with van der Waals surface area (Å²) in [7, 11) is 0. The van der Waals surface area contributed by atoms with Gasteiger partial charge < -0.3 is 4.74 Å². The number of benzene rings is 1. The molecule has 0 aliphatic carbocycles. The Kier molecular flexibility index (Phi) is 6.45. The minimum Gasteiger partial charge on any atom is -0.381 e. The number of alkyl halides is 1. The number of ether oxygens (including phenoxy) is 1. The van der Waals surface area contributed by atoms with E-state index in [9.17, 15) is 0 Å². The van der Waals surface area contributed by atoms with Crippen molar-refractivity contribution >= 4 is 11.6 Å². The smallest absolute Gasteiger partial charge is 0.0472 e. The van der Waals surface area contributed by atoms with Crippen LogP contribution in [0.15, 0.2) is 30.3 Å². The minimum absolute atomic E-state index is 0.421. The molecule has 0 radical (unpaired) electrons. The van der Waals surface area contributed by atoms with E-state index in [2.05, 4.69) is 31.2 Å². The van der Waals surface area contributed by atoms with Crippen molar-refractivity contribution in [2.24, 2.45) is 0 Å². The van der Waals surface area contributed by atoms with Gasteiger partial charge in [0.2, 0.25) is 0 Å². The molecule has 0 aliphatic heterocycles. The van der Waals surface area contributed by atoms with Crippen LogP contribution in [0.5, 0.6) is 0 Å². The van der Waals surface area contributed by atoms with Crippen molar-refractivity contribution in [2.75, 3.05) is 19.1 Å². The Morgan fingerprint density at radius 3 is 2.53 bits per heavy atom. The standard InChI is InChI=1S/C13H19ClO/c1-2-9-15-10-8-13(11-14)12-6-4-3-5-7-12/h3-7,13H,2,8-11H2,1H3. The SMILES string of the molecule is CCCOCCC(CCl)c1ccccc1. The monoisotopic (exact) mass is 226 g/mol. The van der Waals surface area contributed by atoms with E-state index in [1.54, 1.807) is 0 Å². The quantitative estimate of drug-likeness (QED) is 0.507. The van der Waals surface area contributed by atoms with E-state index in [4.69, 9.17) is 16.3 Å². The number of hydrogen-bond acceptors (Lipinski definition) is 1. The molecule has 0 saturated heterocycles. The predicted octanol–water partition coefficient (Wildman–Crippen LogP) is 3.83. The minimum atomic E-state index is 0.421. The largest absolute Gasteiger partial charge is 0.381 e. The molecule has 0 bridgehead atoms. The molecule has 0 amide bonds. The summed E-state index contributed by atoms with van der Waals surface area (Å²) in [6.07, 6.45) is 2.09. The lowest BCUT2D eigenvalue weighted by Crippen LogP contribution is -2.06. The molecular formula is C13H19ClO. The van der Waals surface area contributed by atoms with E-state index in [1.807, 2.05) is 6.07 Å². The molecule has 1 aromatic rings. The Morgan fingerprint density at radius 1 is 1.20 bits per heavy atom. The van der Waals surface area contributed by atoms with Gasteiger partial charge in [0.1, 0.15) is 0 Å². The van der Waals surface area contributed by atoms with Gasteiger partial charge in [0.15, 0.2) is 0 Å². The first-order chi connectivity index (χ1) is 7.38. The van der Waals surface area contributed by atoms with Crippen LogP contribution in [0.2, 0.25) is 0 Å². The topological polar surface area (TPSA) is 9.23 Å². The average molecular weight is 227 g/mol. The van der Waals surface area contributed by atoms with E-state index in [-0.39, 0.29) is 0 Å². The zero-order valence-electron chi connectivity index (χ0n) is 9.29. The number of halogens is 1. The maximum absolute atomic E-state index is 5.96. The molecule has 1 nitrogen and oxygen atoms in total. The molecule has 1 unspecified atom stereocenters. The van der Waals surface area contributed by atoms with Crippen molar-refractivity contribution < 1.29 is 4.74 Å². The molecule has 2 heteroatoms. The van der Waals surface area contributed by atoms with Crippen LogP contribution in [-0.4, -0.2) is 19.1 Å². The summed E-state index contributed by atoms with van der Waals surface area (Å²) >= 11 is 5.96. The Morgan fingerprint density at radius 2 is 1.93 bits per heavy atom. The summed E-state index contributed by atoms with van der Waals surface area (Å²) in [5.41, 5.74) is 1.31. The van der Waals surface area contributed by atoms with Gasteiger partial charge in [-0.25, -0.2) is 0 Å². The van der Waals surface area contributed by atoms with Gasteiger partial charge in [-0.1, -0.05) is 37.3 Å². The van der Waals surface area contributed by atoms with Crippen LogP contribution < -0.4 is 0 Å². The maximum atomic E-state index is 5.96. The highest BCUT2D eigenvalue weighted by Gasteiger charge is 2.09. The third-order valence-corrected chi connectivity index (χ3v) is 2.79. The van der Waals surface area contributed by atoms with Crippen molar-refractivity contribution in [3.05, 3.63) is 35.9 Å². The van der Waals surface area contributed by atoms with E-state index < -0.39 is 0 Å². The van der Waals surface area contributed by atoms with E-state index in [0.29, 0.717) is 11.8 Å². The second kappa shape index (κ2) is 7.72. The predicted molar refractivity (Wildman–Crippen MR) is 65.6 cm³/mol. The molecule has 0 spiro atoms. The Labute approximate surface area is 97.4 Å². The number of rotatable bonds is 7. The molecular weight excluding hydrogens is 208 g/mol. The van der Waals surface area contributed by atoms with Crippen LogP contribution in [0, 0.1) is 0 Å². The van der Waals surface area contributed by atoms with Crippen molar-refractivity contribution in [1.82, 2.24) is 0 Å². The summed E-state index contributed by atoms with van der Waals surface area (Å²) in [4.78, 5) is 0. The summed E-state index contributed by atoms with van der Waals surface area (Å²) in [5.74, 6) is 1.09. The van der Waals surface area contributed by atoms with E-state index in [1.165, 1.54) is 5.56 Å². The average Bonchev–Trinajstić information content (AvgIpc) is 2.30. The van der Waals surface area contributed by atoms with E-state index >= 15 is 0 Å². The number of hydrogen-bond donors (Lipinski definition) is 0. The van der Waals surface area contributed by atoms with Gasteiger partial charge in [-0.3, -0.25) is 0 Å². The van der Waals surface area contributed by atoms with Gasteiger partial charge in [-0.2, -0.15) is 0 Å². The molecule has 84 valence electrons. The maximum Gasteiger partial charge on any atom is 0.0472 e. The van der Waals surface area contributed by atoms with Crippen LogP contribution in [0.1, 0.15) is 31.2 Å². The van der Waals surface area contributed by atoms with Crippen LogP contribution >= 0.6 is 11.6 Å². The van der Waals surface area contributed by atoms with Crippen molar-refractivity contribution in [3.8, 4) is 0 Å². The van der Waals surface area contributed by atoms with Crippen LogP contribution in [0.25, 0.3) is 0 Å². The summed E-state index contributed by atoms with van der Waals surface area (Å²) in [6.45, 7) is 3.78. The highest BCUT2D eigenvalue weighted by Crippen LogP contribution is 2.20. The first kappa shape index (κ1) is 12.5. The zero-order chi connectivity index (χ0) is 10.9. The summed E-state index contributed by atoms with van der Waals surface area (Å²) in [6, 6.07) is 10.4. The third kappa shape index (κ3) is 4.67. The molecule has 0 heterocycles. The second-order valence-corrected chi connectivity index (χ2v) is 3.97. The molecule has 0 fully saturated rings. The van der Waals surface area contributed by atoms with Crippen LogP contribution in [0.3, 0.4) is 0 Å². The highest BCUT2D eigenvalue weighted by atomic mass is 35.5. The van der Waals surface area contributed by atoms with E-state index in [0.717, 1.165) is 26.1 Å². The van der Waals surface area contributed by atoms with Crippen molar-refractivity contribution in [1.29, 1.82) is 0 Å². The fourth-order valence-corrected chi connectivity index (χ4v) is 1.86. The van der Waals surface area contributed by atoms with Crippen molar-refractivity contribution in [3.63, 3.8) is 0 Å². The fraction of sp³-hybridized carbons (Fsp3) is 0.538. The lowest BCUT2D eigenvalue weighted by Gasteiger charge is -2.14. The molecule has 1 rings (SSSR count). The Hall–Kier alpha value is -0.530. The van der Waals surface area contributed by atoms with Gasteiger partial charge in [0.25, 0.3) is 0 Å². The first-order valence-electron chi connectivity index (χ1n) is 5.57. The molecule has 0 saturated carbocycles. The lowest BCUT2D eigenvalue weighted by atomic mass is 9.98. The Balaban J connectivity index is 2.36. The van der Waals surface area contributed by atoms with Gasteiger partial charge in [-0.15, -0.1) is 11.6 Å². The zero-order valence-corrected chi connectivity index (χ0v) is 10.0. The van der Waals surface area contributed by atoms with Crippen LogP contribution in [0.4, 0.5) is 0 Å². The normalized spacial score (nSPS) is 12.7. The van der Waals surface area contributed by atoms with Gasteiger partial charge in [0.05, 0.1) is 0 Å². The fourth-order valence-electron chi connectivity index (χ4n) is 1.53. The highest BCUT2D eigenvalue weighted by molar-refractivity contribution is 6.18.